The summed E-state index contributed by atoms with van der Waals surface area (Å²) in [6.07, 6.45) is 3.58. The number of aromatic nitrogens is 3. The van der Waals surface area contributed by atoms with Crippen LogP contribution in [-0.4, -0.2) is 21.5 Å². The predicted molar refractivity (Wildman–Crippen MR) is 74.0 cm³/mol. The minimum absolute atomic E-state index is 0.785. The third-order valence-corrected chi connectivity index (χ3v) is 3.52. The van der Waals surface area contributed by atoms with Crippen molar-refractivity contribution < 1.29 is 0 Å². The van der Waals surface area contributed by atoms with Crippen LogP contribution in [0.2, 0.25) is 0 Å². The van der Waals surface area contributed by atoms with Crippen LogP contribution < -0.4 is 5.32 Å². The smallest absolute Gasteiger partial charge is 0.133 e. The van der Waals surface area contributed by atoms with Crippen LogP contribution >= 0.6 is 11.8 Å². The topological polar surface area (TPSA) is 50.7 Å². The maximum atomic E-state index is 4.50. The molecule has 0 spiro atoms. The first-order chi connectivity index (χ1) is 8.70. The van der Waals surface area contributed by atoms with Gasteiger partial charge < -0.3 is 5.32 Å². The summed E-state index contributed by atoms with van der Waals surface area (Å²) in [5.41, 5.74) is 1.09. The standard InChI is InChI=1S/C13H16N4S/c1-4-15-12-9(2)13(17-10(3)16-12)18-11-5-7-14-8-6-11/h5-8H,4H2,1-3H3,(H,15,16,17). The van der Waals surface area contributed by atoms with Crippen molar-refractivity contribution in [3.05, 3.63) is 35.9 Å². The zero-order valence-corrected chi connectivity index (χ0v) is 11.6. The van der Waals surface area contributed by atoms with Gasteiger partial charge in [-0.3, -0.25) is 4.98 Å². The largest absolute Gasteiger partial charge is 0.370 e. The average molecular weight is 260 g/mol. The van der Waals surface area contributed by atoms with Gasteiger partial charge in [-0.05, 0) is 32.9 Å². The van der Waals surface area contributed by atoms with Crippen molar-refractivity contribution in [2.45, 2.75) is 30.7 Å². The van der Waals surface area contributed by atoms with Crippen LogP contribution in [-0.2, 0) is 0 Å². The molecule has 0 aliphatic heterocycles. The summed E-state index contributed by atoms with van der Waals surface area (Å²) < 4.78 is 0. The summed E-state index contributed by atoms with van der Waals surface area (Å²) in [7, 11) is 0. The van der Waals surface area contributed by atoms with E-state index >= 15 is 0 Å². The molecule has 2 aromatic heterocycles. The first-order valence-corrected chi connectivity index (χ1v) is 6.69. The number of rotatable bonds is 4. The molecule has 0 saturated carbocycles. The Morgan fingerprint density at radius 1 is 1.17 bits per heavy atom. The molecule has 2 rings (SSSR count). The summed E-state index contributed by atoms with van der Waals surface area (Å²) in [6, 6.07) is 3.96. The second kappa shape index (κ2) is 5.82. The van der Waals surface area contributed by atoms with Gasteiger partial charge in [0.05, 0.1) is 0 Å². The van der Waals surface area contributed by atoms with Crippen molar-refractivity contribution in [1.29, 1.82) is 0 Å². The SMILES string of the molecule is CCNc1nc(C)nc(Sc2ccncc2)c1C. The van der Waals surface area contributed by atoms with E-state index < -0.39 is 0 Å². The van der Waals surface area contributed by atoms with Crippen LogP contribution in [0.25, 0.3) is 0 Å². The molecule has 0 aromatic carbocycles. The van der Waals surface area contributed by atoms with E-state index in [0.717, 1.165) is 33.7 Å². The number of aryl methyl sites for hydroxylation is 1. The van der Waals surface area contributed by atoms with Gasteiger partial charge in [-0.1, -0.05) is 11.8 Å². The van der Waals surface area contributed by atoms with Crippen LogP contribution in [0.4, 0.5) is 5.82 Å². The van der Waals surface area contributed by atoms with Crippen LogP contribution in [0.1, 0.15) is 18.3 Å². The van der Waals surface area contributed by atoms with Gasteiger partial charge in [0.15, 0.2) is 0 Å². The number of anilines is 1. The van der Waals surface area contributed by atoms with Crippen molar-refractivity contribution in [1.82, 2.24) is 15.0 Å². The lowest BCUT2D eigenvalue weighted by Gasteiger charge is -2.11. The normalized spacial score (nSPS) is 10.4. The van der Waals surface area contributed by atoms with E-state index in [1.165, 1.54) is 0 Å². The minimum atomic E-state index is 0.785. The molecule has 18 heavy (non-hydrogen) atoms. The molecule has 0 unspecified atom stereocenters. The Hall–Kier alpha value is -1.62. The van der Waals surface area contributed by atoms with Gasteiger partial charge in [-0.2, -0.15) is 0 Å². The monoisotopic (exact) mass is 260 g/mol. The van der Waals surface area contributed by atoms with E-state index in [9.17, 15) is 0 Å². The molecule has 0 aliphatic carbocycles. The van der Waals surface area contributed by atoms with Gasteiger partial charge >= 0.3 is 0 Å². The Morgan fingerprint density at radius 2 is 1.89 bits per heavy atom. The van der Waals surface area contributed by atoms with Gasteiger partial charge in [0.1, 0.15) is 16.7 Å². The Kier molecular flexibility index (Phi) is 4.15. The van der Waals surface area contributed by atoms with Crippen molar-refractivity contribution in [3.8, 4) is 0 Å². The molecule has 2 heterocycles. The van der Waals surface area contributed by atoms with Gasteiger partial charge in [0.2, 0.25) is 0 Å². The van der Waals surface area contributed by atoms with Crippen molar-refractivity contribution >= 4 is 17.6 Å². The summed E-state index contributed by atoms with van der Waals surface area (Å²) in [5.74, 6) is 1.70. The molecule has 0 atom stereocenters. The highest BCUT2D eigenvalue weighted by molar-refractivity contribution is 7.99. The maximum absolute atomic E-state index is 4.50. The fraction of sp³-hybridized carbons (Fsp3) is 0.308. The Labute approximate surface area is 111 Å². The highest BCUT2D eigenvalue weighted by atomic mass is 32.2. The molecule has 0 amide bonds. The number of hydrogen-bond donors (Lipinski definition) is 1. The molecule has 2 aromatic rings. The molecule has 5 heteroatoms. The lowest BCUT2D eigenvalue weighted by Crippen LogP contribution is -2.05. The van der Waals surface area contributed by atoms with E-state index in [4.69, 9.17) is 0 Å². The average Bonchev–Trinajstić information content (AvgIpc) is 2.36. The first kappa shape index (κ1) is 12.8. The molecule has 0 saturated heterocycles. The lowest BCUT2D eigenvalue weighted by molar-refractivity contribution is 0.932. The second-order valence-electron chi connectivity index (χ2n) is 3.86. The fourth-order valence-corrected chi connectivity index (χ4v) is 2.47. The van der Waals surface area contributed by atoms with E-state index in [1.807, 2.05) is 26.0 Å². The molecule has 0 aliphatic rings. The third-order valence-electron chi connectivity index (χ3n) is 2.42. The molecule has 1 N–H and O–H groups in total. The molecule has 0 bridgehead atoms. The molecular weight excluding hydrogens is 244 g/mol. The number of nitrogens with one attached hydrogen (secondary N) is 1. The highest BCUT2D eigenvalue weighted by Gasteiger charge is 2.09. The van der Waals surface area contributed by atoms with E-state index in [1.54, 1.807) is 24.2 Å². The molecule has 4 nitrogen and oxygen atoms in total. The lowest BCUT2D eigenvalue weighted by atomic mass is 10.3. The van der Waals surface area contributed by atoms with E-state index in [-0.39, 0.29) is 0 Å². The van der Waals surface area contributed by atoms with Gasteiger partial charge in [-0.25, -0.2) is 9.97 Å². The molecule has 0 fully saturated rings. The van der Waals surface area contributed by atoms with Gasteiger partial charge in [-0.15, -0.1) is 0 Å². The van der Waals surface area contributed by atoms with Gasteiger partial charge in [0, 0.05) is 29.4 Å². The van der Waals surface area contributed by atoms with Crippen molar-refractivity contribution in [3.63, 3.8) is 0 Å². The summed E-state index contributed by atoms with van der Waals surface area (Å²) in [5, 5.41) is 4.26. The fourth-order valence-electron chi connectivity index (χ4n) is 1.56. The Bertz CT molecular complexity index is 528. The first-order valence-electron chi connectivity index (χ1n) is 5.87. The Morgan fingerprint density at radius 3 is 2.56 bits per heavy atom. The second-order valence-corrected chi connectivity index (χ2v) is 4.93. The minimum Gasteiger partial charge on any atom is -0.370 e. The molecular formula is C13H16N4S. The zero-order chi connectivity index (χ0) is 13.0. The predicted octanol–water partition coefficient (Wildman–Crippen LogP) is 3.07. The summed E-state index contributed by atoms with van der Waals surface area (Å²) in [4.78, 5) is 14.1. The van der Waals surface area contributed by atoms with Crippen LogP contribution in [0.5, 0.6) is 0 Å². The van der Waals surface area contributed by atoms with E-state index in [0.29, 0.717) is 0 Å². The molecule has 0 radical (unpaired) electrons. The summed E-state index contributed by atoms with van der Waals surface area (Å²) in [6.45, 7) is 6.88. The number of nitrogens with zero attached hydrogens (tertiary/aromatic N) is 3. The zero-order valence-electron chi connectivity index (χ0n) is 10.8. The van der Waals surface area contributed by atoms with Crippen LogP contribution in [0, 0.1) is 13.8 Å². The van der Waals surface area contributed by atoms with Crippen molar-refractivity contribution in [2.75, 3.05) is 11.9 Å². The highest BCUT2D eigenvalue weighted by Crippen LogP contribution is 2.30. The van der Waals surface area contributed by atoms with Crippen LogP contribution in [0.15, 0.2) is 34.4 Å². The third kappa shape index (κ3) is 2.98. The quantitative estimate of drug-likeness (QED) is 0.856. The van der Waals surface area contributed by atoms with Gasteiger partial charge in [0.25, 0.3) is 0 Å². The van der Waals surface area contributed by atoms with Crippen molar-refractivity contribution in [2.24, 2.45) is 0 Å². The van der Waals surface area contributed by atoms with E-state index in [2.05, 4.69) is 27.2 Å². The maximum Gasteiger partial charge on any atom is 0.133 e. The summed E-state index contributed by atoms with van der Waals surface area (Å²) >= 11 is 1.64. The number of pyridine rings is 1. The number of hydrogen-bond acceptors (Lipinski definition) is 5. The Balaban J connectivity index is 2.33. The van der Waals surface area contributed by atoms with Crippen LogP contribution in [0.3, 0.4) is 0 Å². The molecule has 94 valence electrons.